The fourth-order valence-electron chi connectivity index (χ4n) is 1.72. The van der Waals surface area contributed by atoms with Crippen LogP contribution in [-0.2, 0) is 0 Å². The molecule has 0 N–H and O–H groups in total. The van der Waals surface area contributed by atoms with Gasteiger partial charge in [0.1, 0.15) is 11.5 Å². The van der Waals surface area contributed by atoms with Crippen LogP contribution in [0.15, 0.2) is 53.3 Å². The molecule has 4 heteroatoms. The number of hydrogen-bond acceptors (Lipinski definition) is 1. The van der Waals surface area contributed by atoms with E-state index in [2.05, 4.69) is 20.9 Å². The zero-order chi connectivity index (χ0) is 11.8. The molecule has 3 rings (SSSR count). The molecule has 1 aromatic carbocycles. The number of fused-ring (bicyclic) bond motifs is 1. The van der Waals surface area contributed by atoms with Crippen molar-refractivity contribution in [1.82, 2.24) is 9.38 Å². The minimum atomic E-state index is -0.236. The molecule has 0 radical (unpaired) electrons. The van der Waals surface area contributed by atoms with Crippen molar-refractivity contribution in [3.8, 4) is 11.3 Å². The molecule has 2 nitrogen and oxygen atoms in total. The zero-order valence-corrected chi connectivity index (χ0v) is 10.4. The standard InChI is InChI=1S/C13H8BrFN2/c14-10-3-6-13-16-12(8-17(13)7-10)9-1-4-11(15)5-2-9/h1-8H. The van der Waals surface area contributed by atoms with Gasteiger partial charge in [-0.3, -0.25) is 0 Å². The molecule has 0 saturated heterocycles. The largest absolute Gasteiger partial charge is 0.305 e. The summed E-state index contributed by atoms with van der Waals surface area (Å²) in [6, 6.07) is 10.2. The minimum Gasteiger partial charge on any atom is -0.305 e. The molecule has 0 fully saturated rings. The summed E-state index contributed by atoms with van der Waals surface area (Å²) < 4.78 is 15.8. The van der Waals surface area contributed by atoms with Crippen LogP contribution in [-0.4, -0.2) is 9.38 Å². The Bertz CT molecular complexity index is 673. The first-order valence-corrected chi connectivity index (χ1v) is 5.92. The number of benzene rings is 1. The van der Waals surface area contributed by atoms with E-state index in [9.17, 15) is 4.39 Å². The molecule has 84 valence electrons. The van der Waals surface area contributed by atoms with Crippen molar-refractivity contribution >= 4 is 21.6 Å². The summed E-state index contributed by atoms with van der Waals surface area (Å²) >= 11 is 3.41. The molecule has 0 aliphatic heterocycles. The van der Waals surface area contributed by atoms with Crippen LogP contribution < -0.4 is 0 Å². The Morgan fingerprint density at radius 2 is 1.76 bits per heavy atom. The van der Waals surface area contributed by atoms with Gasteiger partial charge in [0, 0.05) is 22.4 Å². The lowest BCUT2D eigenvalue weighted by Crippen LogP contribution is -1.80. The second-order valence-corrected chi connectivity index (χ2v) is 4.66. The summed E-state index contributed by atoms with van der Waals surface area (Å²) in [4.78, 5) is 4.47. The molecule has 17 heavy (non-hydrogen) atoms. The maximum Gasteiger partial charge on any atom is 0.137 e. The first-order chi connectivity index (χ1) is 8.22. The molecule has 0 spiro atoms. The van der Waals surface area contributed by atoms with Crippen LogP contribution >= 0.6 is 15.9 Å². The number of rotatable bonds is 1. The lowest BCUT2D eigenvalue weighted by atomic mass is 10.2. The molecule has 0 aliphatic rings. The quantitative estimate of drug-likeness (QED) is 0.664. The summed E-state index contributed by atoms with van der Waals surface area (Å²) in [6.45, 7) is 0. The third kappa shape index (κ3) is 1.96. The van der Waals surface area contributed by atoms with Gasteiger partial charge in [0.25, 0.3) is 0 Å². The molecule has 0 atom stereocenters. The van der Waals surface area contributed by atoms with E-state index in [0.29, 0.717) is 0 Å². The minimum absolute atomic E-state index is 0.236. The van der Waals surface area contributed by atoms with E-state index in [4.69, 9.17) is 0 Å². The highest BCUT2D eigenvalue weighted by atomic mass is 79.9. The molecule has 3 aromatic rings. The van der Waals surface area contributed by atoms with Crippen molar-refractivity contribution < 1.29 is 4.39 Å². The first-order valence-electron chi connectivity index (χ1n) is 5.12. The third-order valence-corrected chi connectivity index (χ3v) is 3.02. The van der Waals surface area contributed by atoms with Gasteiger partial charge < -0.3 is 4.40 Å². The van der Waals surface area contributed by atoms with E-state index in [0.717, 1.165) is 21.4 Å². The highest BCUT2D eigenvalue weighted by Gasteiger charge is 2.04. The number of hydrogen-bond donors (Lipinski definition) is 0. The van der Waals surface area contributed by atoms with E-state index in [1.165, 1.54) is 12.1 Å². The highest BCUT2D eigenvalue weighted by molar-refractivity contribution is 9.10. The van der Waals surface area contributed by atoms with Gasteiger partial charge in [-0.05, 0) is 52.3 Å². The van der Waals surface area contributed by atoms with Gasteiger partial charge >= 0.3 is 0 Å². The second kappa shape index (κ2) is 3.96. The third-order valence-electron chi connectivity index (χ3n) is 2.55. The fraction of sp³-hybridized carbons (Fsp3) is 0. The van der Waals surface area contributed by atoms with Crippen LogP contribution in [0.25, 0.3) is 16.9 Å². The van der Waals surface area contributed by atoms with Crippen LogP contribution in [0, 0.1) is 5.82 Å². The van der Waals surface area contributed by atoms with E-state index in [1.807, 2.05) is 28.9 Å². The first kappa shape index (κ1) is 10.5. The number of halogens is 2. The Balaban J connectivity index is 2.14. The van der Waals surface area contributed by atoms with Crippen molar-refractivity contribution in [3.05, 3.63) is 59.1 Å². The van der Waals surface area contributed by atoms with Gasteiger partial charge in [-0.1, -0.05) is 0 Å². The Labute approximate surface area is 106 Å². The maximum absolute atomic E-state index is 12.8. The predicted molar refractivity (Wildman–Crippen MR) is 68.3 cm³/mol. The normalized spacial score (nSPS) is 10.9. The topological polar surface area (TPSA) is 17.3 Å². The number of imidazole rings is 1. The van der Waals surface area contributed by atoms with Gasteiger partial charge in [0.15, 0.2) is 0 Å². The SMILES string of the molecule is Fc1ccc(-c2cn3cc(Br)ccc3n2)cc1. The van der Waals surface area contributed by atoms with Crippen LogP contribution in [0.2, 0.25) is 0 Å². The van der Waals surface area contributed by atoms with E-state index < -0.39 is 0 Å². The Hall–Kier alpha value is -1.68. The Morgan fingerprint density at radius 3 is 2.53 bits per heavy atom. The van der Waals surface area contributed by atoms with Crippen molar-refractivity contribution in [3.63, 3.8) is 0 Å². The lowest BCUT2D eigenvalue weighted by Gasteiger charge is -1.94. The summed E-state index contributed by atoms with van der Waals surface area (Å²) in [7, 11) is 0. The summed E-state index contributed by atoms with van der Waals surface area (Å²) in [5, 5.41) is 0. The Kier molecular flexibility index (Phi) is 2.44. The summed E-state index contributed by atoms with van der Waals surface area (Å²) in [5.74, 6) is -0.236. The second-order valence-electron chi connectivity index (χ2n) is 3.75. The highest BCUT2D eigenvalue weighted by Crippen LogP contribution is 2.20. The van der Waals surface area contributed by atoms with Crippen molar-refractivity contribution in [2.24, 2.45) is 0 Å². The van der Waals surface area contributed by atoms with Gasteiger partial charge in [-0.25, -0.2) is 9.37 Å². The van der Waals surface area contributed by atoms with Gasteiger partial charge in [0.05, 0.1) is 5.69 Å². The molecule has 2 heterocycles. The number of pyridine rings is 1. The van der Waals surface area contributed by atoms with Crippen LogP contribution in [0.5, 0.6) is 0 Å². The average Bonchev–Trinajstić information content (AvgIpc) is 2.72. The van der Waals surface area contributed by atoms with E-state index >= 15 is 0 Å². The molecular formula is C13H8BrFN2. The van der Waals surface area contributed by atoms with Crippen molar-refractivity contribution in [1.29, 1.82) is 0 Å². The molecule has 0 unspecified atom stereocenters. The van der Waals surface area contributed by atoms with Gasteiger partial charge in [-0.2, -0.15) is 0 Å². The molecular weight excluding hydrogens is 283 g/mol. The molecule has 0 amide bonds. The summed E-state index contributed by atoms with van der Waals surface area (Å²) in [6.07, 6.45) is 3.86. The number of nitrogens with zero attached hydrogens (tertiary/aromatic N) is 2. The fourth-order valence-corrected chi connectivity index (χ4v) is 2.08. The predicted octanol–water partition coefficient (Wildman–Crippen LogP) is 3.90. The number of aromatic nitrogens is 2. The van der Waals surface area contributed by atoms with Crippen molar-refractivity contribution in [2.45, 2.75) is 0 Å². The lowest BCUT2D eigenvalue weighted by molar-refractivity contribution is 0.628. The molecule has 0 saturated carbocycles. The Morgan fingerprint density at radius 1 is 1.00 bits per heavy atom. The van der Waals surface area contributed by atoms with Crippen LogP contribution in [0.4, 0.5) is 4.39 Å². The summed E-state index contributed by atoms with van der Waals surface area (Å²) in [5.41, 5.74) is 2.61. The molecule has 0 aliphatic carbocycles. The van der Waals surface area contributed by atoms with Crippen LogP contribution in [0.1, 0.15) is 0 Å². The monoisotopic (exact) mass is 290 g/mol. The van der Waals surface area contributed by atoms with Gasteiger partial charge in [0.2, 0.25) is 0 Å². The zero-order valence-electron chi connectivity index (χ0n) is 8.77. The average molecular weight is 291 g/mol. The molecule has 0 bridgehead atoms. The van der Waals surface area contributed by atoms with Crippen LogP contribution in [0.3, 0.4) is 0 Å². The smallest absolute Gasteiger partial charge is 0.137 e. The molecule has 2 aromatic heterocycles. The maximum atomic E-state index is 12.8. The van der Waals surface area contributed by atoms with E-state index in [-0.39, 0.29) is 5.82 Å². The van der Waals surface area contributed by atoms with Crippen molar-refractivity contribution in [2.75, 3.05) is 0 Å². The van der Waals surface area contributed by atoms with E-state index in [1.54, 1.807) is 12.1 Å². The van der Waals surface area contributed by atoms with Gasteiger partial charge in [-0.15, -0.1) is 0 Å².